The van der Waals surface area contributed by atoms with E-state index < -0.39 is 4.92 Å². The average molecular weight is 311 g/mol. The second-order valence-corrected chi connectivity index (χ2v) is 5.63. The summed E-state index contributed by atoms with van der Waals surface area (Å²) in [6, 6.07) is 13.7. The lowest BCUT2D eigenvalue weighted by Gasteiger charge is -2.22. The molecule has 0 aliphatic carbocycles. The van der Waals surface area contributed by atoms with Crippen LogP contribution in [0, 0.1) is 10.1 Å². The topological polar surface area (TPSA) is 66.7 Å². The Balaban J connectivity index is 1.99. The molecule has 0 aromatic heterocycles. The van der Waals surface area contributed by atoms with E-state index in [9.17, 15) is 14.9 Å². The van der Waals surface area contributed by atoms with Gasteiger partial charge in [-0.05, 0) is 24.7 Å². The van der Waals surface area contributed by atoms with Crippen LogP contribution in [0.3, 0.4) is 0 Å². The number of nitrogens with zero attached hydrogens (tertiary/aromatic N) is 3. The molecule has 0 atom stereocenters. The van der Waals surface area contributed by atoms with E-state index in [0.717, 1.165) is 24.3 Å². The Bertz CT molecular complexity index is 760. The molecule has 118 valence electrons. The summed E-state index contributed by atoms with van der Waals surface area (Å²) in [6.45, 7) is 2.07. The largest absolute Gasteiger partial charge is 0.307 e. The van der Waals surface area contributed by atoms with Gasteiger partial charge in [0.05, 0.1) is 4.92 Å². The highest BCUT2D eigenvalue weighted by Gasteiger charge is 2.24. The van der Waals surface area contributed by atoms with Gasteiger partial charge in [-0.3, -0.25) is 14.9 Å². The van der Waals surface area contributed by atoms with Crippen LogP contribution in [-0.2, 0) is 6.54 Å². The standard InChI is InChI=1S/C17H17N3O3/c1-18-9-10-19(16-8-3-2-5-14(16)12-18)17(21)13-6-4-7-15(11-13)20(22)23/h2-8,11H,9-10,12H2,1H3. The molecule has 3 rings (SSSR count). The van der Waals surface area contributed by atoms with E-state index in [1.807, 2.05) is 31.3 Å². The molecule has 1 aliphatic heterocycles. The fourth-order valence-corrected chi connectivity index (χ4v) is 2.79. The monoisotopic (exact) mass is 311 g/mol. The second kappa shape index (κ2) is 6.18. The number of nitro benzene ring substituents is 1. The third kappa shape index (κ3) is 3.07. The van der Waals surface area contributed by atoms with Crippen molar-refractivity contribution in [1.29, 1.82) is 0 Å². The van der Waals surface area contributed by atoms with Crippen LogP contribution in [0.2, 0.25) is 0 Å². The van der Waals surface area contributed by atoms with E-state index >= 15 is 0 Å². The number of carbonyl (C=O) groups excluding carboxylic acids is 1. The maximum Gasteiger partial charge on any atom is 0.270 e. The molecule has 0 fully saturated rings. The van der Waals surface area contributed by atoms with Crippen molar-refractivity contribution in [2.75, 3.05) is 25.0 Å². The van der Waals surface area contributed by atoms with Crippen LogP contribution in [-0.4, -0.2) is 35.9 Å². The Morgan fingerprint density at radius 2 is 1.91 bits per heavy atom. The zero-order chi connectivity index (χ0) is 16.4. The molecule has 2 aromatic rings. The SMILES string of the molecule is CN1CCN(C(=O)c2cccc([N+](=O)[O-])c2)c2ccccc2C1. The van der Waals surface area contributed by atoms with Gasteiger partial charge in [-0.15, -0.1) is 0 Å². The Kier molecular flexibility index (Phi) is 4.08. The zero-order valence-electron chi connectivity index (χ0n) is 12.8. The fourth-order valence-electron chi connectivity index (χ4n) is 2.79. The second-order valence-electron chi connectivity index (χ2n) is 5.63. The van der Waals surface area contributed by atoms with Gasteiger partial charge in [0.2, 0.25) is 0 Å². The molecule has 2 aromatic carbocycles. The summed E-state index contributed by atoms with van der Waals surface area (Å²) in [4.78, 5) is 27.2. The summed E-state index contributed by atoms with van der Waals surface area (Å²) in [5.74, 6) is -0.212. The van der Waals surface area contributed by atoms with Crippen LogP contribution in [0.25, 0.3) is 0 Å². The van der Waals surface area contributed by atoms with E-state index in [4.69, 9.17) is 0 Å². The lowest BCUT2D eigenvalue weighted by molar-refractivity contribution is -0.384. The van der Waals surface area contributed by atoms with Crippen LogP contribution >= 0.6 is 0 Å². The summed E-state index contributed by atoms with van der Waals surface area (Å²) in [6.07, 6.45) is 0. The van der Waals surface area contributed by atoms with Crippen molar-refractivity contribution in [2.45, 2.75) is 6.54 Å². The van der Waals surface area contributed by atoms with Gasteiger partial charge in [0, 0.05) is 43.0 Å². The Morgan fingerprint density at radius 1 is 1.13 bits per heavy atom. The number of anilines is 1. The molecule has 0 unspecified atom stereocenters. The summed E-state index contributed by atoms with van der Waals surface area (Å²) >= 11 is 0. The van der Waals surface area contributed by atoms with Crippen LogP contribution in [0.5, 0.6) is 0 Å². The van der Waals surface area contributed by atoms with Gasteiger partial charge < -0.3 is 9.80 Å². The molecule has 6 heteroatoms. The molecule has 0 N–H and O–H groups in total. The van der Waals surface area contributed by atoms with Crippen molar-refractivity contribution >= 4 is 17.3 Å². The maximum absolute atomic E-state index is 12.9. The Labute approximate surface area is 134 Å². The van der Waals surface area contributed by atoms with Gasteiger partial charge in [-0.1, -0.05) is 24.3 Å². The Hall–Kier alpha value is -2.73. The van der Waals surface area contributed by atoms with E-state index in [-0.39, 0.29) is 11.6 Å². The third-order valence-electron chi connectivity index (χ3n) is 3.98. The number of hydrogen-bond donors (Lipinski definition) is 0. The molecule has 1 heterocycles. The summed E-state index contributed by atoms with van der Waals surface area (Å²) in [7, 11) is 2.01. The van der Waals surface area contributed by atoms with E-state index in [0.29, 0.717) is 12.1 Å². The lowest BCUT2D eigenvalue weighted by atomic mass is 10.1. The predicted molar refractivity (Wildman–Crippen MR) is 87.5 cm³/mol. The van der Waals surface area contributed by atoms with Crippen LogP contribution in [0.1, 0.15) is 15.9 Å². The number of nitro groups is 1. The number of amides is 1. The van der Waals surface area contributed by atoms with Crippen molar-refractivity contribution in [3.8, 4) is 0 Å². The first kappa shape index (κ1) is 15.2. The molecule has 1 aliphatic rings. The smallest absolute Gasteiger partial charge is 0.270 e. The third-order valence-corrected chi connectivity index (χ3v) is 3.98. The number of carbonyl (C=O) groups is 1. The first-order valence-electron chi connectivity index (χ1n) is 7.39. The molecule has 0 bridgehead atoms. The normalized spacial score (nSPS) is 14.9. The van der Waals surface area contributed by atoms with E-state index in [2.05, 4.69) is 4.90 Å². The molecule has 1 amide bonds. The minimum absolute atomic E-state index is 0.0731. The quantitative estimate of drug-likeness (QED) is 0.632. The van der Waals surface area contributed by atoms with Crippen molar-refractivity contribution in [1.82, 2.24) is 4.90 Å². The van der Waals surface area contributed by atoms with Gasteiger partial charge in [0.1, 0.15) is 0 Å². The summed E-state index contributed by atoms with van der Waals surface area (Å²) < 4.78 is 0. The highest BCUT2D eigenvalue weighted by Crippen LogP contribution is 2.26. The van der Waals surface area contributed by atoms with E-state index in [1.165, 1.54) is 12.1 Å². The highest BCUT2D eigenvalue weighted by molar-refractivity contribution is 6.06. The maximum atomic E-state index is 12.9. The van der Waals surface area contributed by atoms with Crippen molar-refractivity contribution < 1.29 is 9.72 Å². The number of para-hydroxylation sites is 1. The summed E-state index contributed by atoms with van der Waals surface area (Å²) in [5, 5.41) is 10.9. The molecule has 6 nitrogen and oxygen atoms in total. The predicted octanol–water partition coefficient (Wildman–Crippen LogP) is 2.69. The van der Waals surface area contributed by atoms with Crippen LogP contribution in [0.15, 0.2) is 48.5 Å². The van der Waals surface area contributed by atoms with Gasteiger partial charge >= 0.3 is 0 Å². The lowest BCUT2D eigenvalue weighted by Crippen LogP contribution is -2.35. The fraction of sp³-hybridized carbons (Fsp3) is 0.235. The van der Waals surface area contributed by atoms with Crippen molar-refractivity contribution in [3.63, 3.8) is 0 Å². The Morgan fingerprint density at radius 3 is 2.70 bits per heavy atom. The van der Waals surface area contributed by atoms with Gasteiger partial charge in [0.15, 0.2) is 0 Å². The highest BCUT2D eigenvalue weighted by atomic mass is 16.6. The van der Waals surface area contributed by atoms with Crippen molar-refractivity contribution in [3.05, 3.63) is 69.8 Å². The molecule has 0 spiro atoms. The number of hydrogen-bond acceptors (Lipinski definition) is 4. The first-order chi connectivity index (χ1) is 11.1. The number of benzene rings is 2. The number of rotatable bonds is 2. The molecule has 0 saturated carbocycles. The van der Waals surface area contributed by atoms with Gasteiger partial charge in [-0.25, -0.2) is 0 Å². The van der Waals surface area contributed by atoms with Crippen LogP contribution < -0.4 is 4.90 Å². The number of non-ortho nitro benzene ring substituents is 1. The first-order valence-corrected chi connectivity index (χ1v) is 7.39. The molecule has 0 radical (unpaired) electrons. The summed E-state index contributed by atoms with van der Waals surface area (Å²) in [5.41, 5.74) is 2.20. The molecular formula is C17H17N3O3. The molecule has 23 heavy (non-hydrogen) atoms. The van der Waals surface area contributed by atoms with Crippen LogP contribution in [0.4, 0.5) is 11.4 Å². The average Bonchev–Trinajstić information content (AvgIpc) is 2.72. The zero-order valence-corrected chi connectivity index (χ0v) is 12.8. The van der Waals surface area contributed by atoms with E-state index in [1.54, 1.807) is 17.0 Å². The molecule has 0 saturated heterocycles. The minimum Gasteiger partial charge on any atom is -0.307 e. The minimum atomic E-state index is -0.485. The number of fused-ring (bicyclic) bond motifs is 1. The number of likely N-dealkylation sites (N-methyl/N-ethyl adjacent to an activating group) is 1. The van der Waals surface area contributed by atoms with Crippen molar-refractivity contribution in [2.24, 2.45) is 0 Å². The molecular weight excluding hydrogens is 294 g/mol. The van der Waals surface area contributed by atoms with Gasteiger partial charge in [-0.2, -0.15) is 0 Å². The van der Waals surface area contributed by atoms with Gasteiger partial charge in [0.25, 0.3) is 11.6 Å².